The maximum atomic E-state index is 5.60. The Morgan fingerprint density at radius 1 is 1.50 bits per heavy atom. The van der Waals surface area contributed by atoms with E-state index in [-0.39, 0.29) is 0 Å². The fourth-order valence-electron chi connectivity index (χ4n) is 0.584. The number of nitrogens with two attached hydrogens (primary N) is 2. The van der Waals surface area contributed by atoms with E-state index in [9.17, 15) is 0 Å². The largest absolute Gasteiger partial charge is 0.330 e. The molecule has 0 amide bonds. The zero-order valence-electron chi connectivity index (χ0n) is 5.56. The van der Waals surface area contributed by atoms with Gasteiger partial charge in [-0.05, 0) is 25.8 Å². The van der Waals surface area contributed by atoms with Crippen LogP contribution in [0.2, 0.25) is 0 Å². The van der Waals surface area contributed by atoms with Crippen LogP contribution in [0.5, 0.6) is 0 Å². The first-order chi connectivity index (χ1) is 3.81. The highest BCUT2D eigenvalue weighted by molar-refractivity contribution is 4.57. The van der Waals surface area contributed by atoms with E-state index in [1.54, 1.807) is 0 Å². The van der Waals surface area contributed by atoms with Crippen molar-refractivity contribution in [2.75, 3.05) is 6.54 Å². The second-order valence-corrected chi connectivity index (χ2v) is 2.10. The van der Waals surface area contributed by atoms with E-state index >= 15 is 0 Å². The summed E-state index contributed by atoms with van der Waals surface area (Å²) in [6.45, 7) is 2.87. The summed E-state index contributed by atoms with van der Waals surface area (Å²) in [7, 11) is 0. The predicted molar refractivity (Wildman–Crippen MR) is 36.6 cm³/mol. The molecule has 4 N–H and O–H groups in total. The molecule has 0 fully saturated rings. The lowest BCUT2D eigenvalue weighted by atomic mass is 10.1. The normalized spacial score (nSPS) is 13.9. The molecule has 0 rings (SSSR count). The summed E-state index contributed by atoms with van der Waals surface area (Å²) in [6.07, 6.45) is 3.21. The summed E-state index contributed by atoms with van der Waals surface area (Å²) in [6, 6.07) is 0.374. The second kappa shape index (κ2) is 5.06. The smallest absolute Gasteiger partial charge is 0.00366 e. The van der Waals surface area contributed by atoms with Crippen molar-refractivity contribution >= 4 is 0 Å². The first-order valence-corrected chi connectivity index (χ1v) is 3.27. The first kappa shape index (κ1) is 7.92. The molecule has 0 spiro atoms. The molecular weight excluding hydrogens is 100 g/mol. The van der Waals surface area contributed by atoms with Gasteiger partial charge in [0, 0.05) is 6.04 Å². The molecule has 0 saturated carbocycles. The Balaban J connectivity index is 2.86. The topological polar surface area (TPSA) is 52.0 Å². The average molecular weight is 116 g/mol. The average Bonchev–Trinajstić information content (AvgIpc) is 1.83. The molecule has 0 aliphatic carbocycles. The van der Waals surface area contributed by atoms with Crippen molar-refractivity contribution in [2.24, 2.45) is 11.5 Å². The van der Waals surface area contributed by atoms with Crippen molar-refractivity contribution in [2.45, 2.75) is 32.2 Å². The summed E-state index contributed by atoms with van der Waals surface area (Å²) in [5.41, 5.74) is 10.9. The molecular formula is C6H16N2. The highest BCUT2D eigenvalue weighted by atomic mass is 14.6. The van der Waals surface area contributed by atoms with Gasteiger partial charge < -0.3 is 11.5 Å². The molecule has 0 aromatic carbocycles. The van der Waals surface area contributed by atoms with Crippen LogP contribution >= 0.6 is 0 Å². The van der Waals surface area contributed by atoms with Crippen LogP contribution in [-0.4, -0.2) is 12.6 Å². The molecule has 0 aromatic rings. The minimum atomic E-state index is 0.374. The predicted octanol–water partition coefficient (Wildman–Crippen LogP) is 0.463. The molecule has 0 aliphatic rings. The van der Waals surface area contributed by atoms with E-state index in [0.717, 1.165) is 25.8 Å². The molecule has 2 nitrogen and oxygen atoms in total. The molecule has 0 aromatic heterocycles. The third-order valence-electron chi connectivity index (χ3n) is 1.30. The lowest BCUT2D eigenvalue weighted by molar-refractivity contribution is 0.573. The molecule has 0 radical (unpaired) electrons. The number of rotatable bonds is 4. The molecule has 0 heterocycles. The summed E-state index contributed by atoms with van der Waals surface area (Å²) >= 11 is 0. The van der Waals surface area contributed by atoms with Gasteiger partial charge in [-0.2, -0.15) is 0 Å². The SMILES string of the molecule is CC[C@@H](N)CCCN. The third-order valence-corrected chi connectivity index (χ3v) is 1.30. The van der Waals surface area contributed by atoms with Crippen molar-refractivity contribution in [3.8, 4) is 0 Å². The van der Waals surface area contributed by atoms with Crippen LogP contribution in [-0.2, 0) is 0 Å². The van der Waals surface area contributed by atoms with E-state index in [1.807, 2.05) is 0 Å². The van der Waals surface area contributed by atoms with Gasteiger partial charge in [0.2, 0.25) is 0 Å². The van der Waals surface area contributed by atoms with Gasteiger partial charge in [0.05, 0.1) is 0 Å². The molecule has 8 heavy (non-hydrogen) atoms. The summed E-state index contributed by atoms with van der Waals surface area (Å²) in [4.78, 5) is 0. The Kier molecular flexibility index (Phi) is 5.01. The van der Waals surface area contributed by atoms with Crippen molar-refractivity contribution in [1.82, 2.24) is 0 Å². The Labute approximate surface area is 51.2 Å². The minimum Gasteiger partial charge on any atom is -0.330 e. The van der Waals surface area contributed by atoms with Gasteiger partial charge in [0.1, 0.15) is 0 Å². The third kappa shape index (κ3) is 4.09. The van der Waals surface area contributed by atoms with Crippen LogP contribution in [0, 0.1) is 0 Å². The van der Waals surface area contributed by atoms with Gasteiger partial charge >= 0.3 is 0 Å². The van der Waals surface area contributed by atoms with Crippen LogP contribution in [0.1, 0.15) is 26.2 Å². The van der Waals surface area contributed by atoms with Crippen molar-refractivity contribution in [3.63, 3.8) is 0 Å². The lowest BCUT2D eigenvalue weighted by Crippen LogP contribution is -2.19. The summed E-state index contributed by atoms with van der Waals surface area (Å²) in [5.74, 6) is 0. The molecule has 1 atom stereocenters. The molecule has 0 unspecified atom stereocenters. The van der Waals surface area contributed by atoms with Crippen molar-refractivity contribution in [1.29, 1.82) is 0 Å². The van der Waals surface area contributed by atoms with Crippen LogP contribution in [0.25, 0.3) is 0 Å². The van der Waals surface area contributed by atoms with Gasteiger partial charge in [-0.15, -0.1) is 0 Å². The first-order valence-electron chi connectivity index (χ1n) is 3.27. The highest BCUT2D eigenvalue weighted by Crippen LogP contribution is 1.95. The van der Waals surface area contributed by atoms with Crippen LogP contribution < -0.4 is 11.5 Å². The summed E-state index contributed by atoms with van der Waals surface area (Å²) in [5, 5.41) is 0. The van der Waals surface area contributed by atoms with Gasteiger partial charge in [0.25, 0.3) is 0 Å². The Morgan fingerprint density at radius 2 is 2.12 bits per heavy atom. The van der Waals surface area contributed by atoms with Gasteiger partial charge in [-0.25, -0.2) is 0 Å². The van der Waals surface area contributed by atoms with E-state index < -0.39 is 0 Å². The monoisotopic (exact) mass is 116 g/mol. The van der Waals surface area contributed by atoms with Crippen molar-refractivity contribution < 1.29 is 0 Å². The molecule has 0 aliphatic heterocycles. The molecule has 50 valence electrons. The number of hydrogen-bond acceptors (Lipinski definition) is 2. The highest BCUT2D eigenvalue weighted by Gasteiger charge is 1.94. The Bertz CT molecular complexity index is 45.8. The van der Waals surface area contributed by atoms with E-state index in [4.69, 9.17) is 11.5 Å². The molecule has 2 heteroatoms. The minimum absolute atomic E-state index is 0.374. The Morgan fingerprint density at radius 3 is 2.50 bits per heavy atom. The van der Waals surface area contributed by atoms with E-state index in [0.29, 0.717) is 6.04 Å². The maximum Gasteiger partial charge on any atom is 0.00366 e. The fraction of sp³-hybridized carbons (Fsp3) is 1.00. The molecule has 0 bridgehead atoms. The Hall–Kier alpha value is -0.0800. The van der Waals surface area contributed by atoms with E-state index in [1.165, 1.54) is 0 Å². The van der Waals surface area contributed by atoms with Crippen LogP contribution in [0.15, 0.2) is 0 Å². The van der Waals surface area contributed by atoms with Crippen LogP contribution in [0.4, 0.5) is 0 Å². The summed E-state index contributed by atoms with van der Waals surface area (Å²) < 4.78 is 0. The quantitative estimate of drug-likeness (QED) is 0.560. The lowest BCUT2D eigenvalue weighted by Gasteiger charge is -2.04. The number of hydrogen-bond donors (Lipinski definition) is 2. The van der Waals surface area contributed by atoms with Gasteiger partial charge in [-0.1, -0.05) is 6.92 Å². The van der Waals surface area contributed by atoms with E-state index in [2.05, 4.69) is 6.92 Å². The maximum absolute atomic E-state index is 5.60. The van der Waals surface area contributed by atoms with Crippen molar-refractivity contribution in [3.05, 3.63) is 0 Å². The zero-order valence-corrected chi connectivity index (χ0v) is 5.56. The zero-order chi connectivity index (χ0) is 6.41. The fourth-order valence-corrected chi connectivity index (χ4v) is 0.584. The molecule has 0 saturated heterocycles. The standard InChI is InChI=1S/C6H16N2/c1-2-6(8)4-3-5-7/h6H,2-5,7-8H2,1H3/t6-/m1/s1. The van der Waals surface area contributed by atoms with Gasteiger partial charge in [0.15, 0.2) is 0 Å². The van der Waals surface area contributed by atoms with Crippen LogP contribution in [0.3, 0.4) is 0 Å². The van der Waals surface area contributed by atoms with Gasteiger partial charge in [-0.3, -0.25) is 0 Å². The second-order valence-electron chi connectivity index (χ2n) is 2.10.